The summed E-state index contributed by atoms with van der Waals surface area (Å²) in [5, 5.41) is 21.7. The lowest BCUT2D eigenvalue weighted by Gasteiger charge is -2.26. The Bertz CT molecular complexity index is 713. The first-order chi connectivity index (χ1) is 13.3. The summed E-state index contributed by atoms with van der Waals surface area (Å²) in [5.74, 6) is -2.20. The van der Waals surface area contributed by atoms with Crippen LogP contribution in [-0.4, -0.2) is 78.0 Å². The molecule has 3 N–H and O–H groups in total. The fourth-order valence-electron chi connectivity index (χ4n) is 3.07. The third-order valence-corrected chi connectivity index (χ3v) is 5.62. The van der Waals surface area contributed by atoms with Gasteiger partial charge in [0.1, 0.15) is 12.6 Å². The van der Waals surface area contributed by atoms with Crippen molar-refractivity contribution in [3.63, 3.8) is 0 Å². The van der Waals surface area contributed by atoms with Crippen molar-refractivity contribution in [1.29, 1.82) is 0 Å². The van der Waals surface area contributed by atoms with E-state index in [2.05, 4.69) is 5.32 Å². The first-order valence-electron chi connectivity index (χ1n) is 9.18. The molecule has 1 aromatic carbocycles. The highest BCUT2D eigenvalue weighted by Crippen LogP contribution is 2.34. The number of aliphatic carboxylic acids is 2. The average molecular weight is 410 g/mol. The number of hydrogen-bond donors (Lipinski definition) is 3. The van der Waals surface area contributed by atoms with Crippen molar-refractivity contribution in [3.05, 3.63) is 24.3 Å². The van der Waals surface area contributed by atoms with Gasteiger partial charge in [-0.25, -0.2) is 0 Å². The molecule has 0 spiro atoms. The van der Waals surface area contributed by atoms with Crippen LogP contribution in [0.25, 0.3) is 0 Å². The lowest BCUT2D eigenvalue weighted by atomic mass is 10.1. The second kappa shape index (κ2) is 10.4. The number of carbonyl (C=O) groups excluding carboxylic acids is 1. The number of unbranched alkanes of at least 4 members (excludes halogenated alkanes) is 1. The lowest BCUT2D eigenvalue weighted by molar-refractivity contribution is -0.140. The van der Waals surface area contributed by atoms with Crippen LogP contribution in [0, 0.1) is 0 Å². The van der Waals surface area contributed by atoms with Crippen molar-refractivity contribution in [2.24, 2.45) is 0 Å². The van der Waals surface area contributed by atoms with E-state index in [1.165, 1.54) is 16.7 Å². The Morgan fingerprint density at radius 3 is 2.64 bits per heavy atom. The van der Waals surface area contributed by atoms with Crippen molar-refractivity contribution in [2.75, 3.05) is 37.8 Å². The molecular weight excluding hydrogens is 382 g/mol. The summed E-state index contributed by atoms with van der Waals surface area (Å²) in [4.78, 5) is 40.0. The van der Waals surface area contributed by atoms with Gasteiger partial charge < -0.3 is 15.1 Å². The van der Waals surface area contributed by atoms with E-state index in [1.807, 2.05) is 31.1 Å². The van der Waals surface area contributed by atoms with Crippen molar-refractivity contribution in [1.82, 2.24) is 10.2 Å². The highest BCUT2D eigenvalue weighted by Gasteiger charge is 2.34. The SMILES string of the molecule is CN(C)CCCC[C@@H](NC1CSc2ccccc2N(CC(=O)O)C1=O)C(=O)O. The van der Waals surface area contributed by atoms with E-state index in [-0.39, 0.29) is 0 Å². The van der Waals surface area contributed by atoms with Gasteiger partial charge in [0.25, 0.3) is 0 Å². The van der Waals surface area contributed by atoms with Gasteiger partial charge in [-0.3, -0.25) is 24.6 Å². The van der Waals surface area contributed by atoms with Crippen molar-refractivity contribution in [3.8, 4) is 0 Å². The van der Waals surface area contributed by atoms with E-state index >= 15 is 0 Å². The molecule has 2 rings (SSSR count). The molecule has 0 aromatic heterocycles. The summed E-state index contributed by atoms with van der Waals surface area (Å²) in [5.41, 5.74) is 0.544. The van der Waals surface area contributed by atoms with Gasteiger partial charge in [0.2, 0.25) is 5.91 Å². The quantitative estimate of drug-likeness (QED) is 0.497. The van der Waals surface area contributed by atoms with Crippen LogP contribution < -0.4 is 10.2 Å². The molecule has 0 radical (unpaired) electrons. The Morgan fingerprint density at radius 1 is 1.29 bits per heavy atom. The number of carboxylic acid groups (broad SMARTS) is 2. The summed E-state index contributed by atoms with van der Waals surface area (Å²) < 4.78 is 0. The van der Waals surface area contributed by atoms with Crippen LogP contribution in [0.2, 0.25) is 0 Å². The molecule has 0 bridgehead atoms. The Morgan fingerprint density at radius 2 is 2.00 bits per heavy atom. The van der Waals surface area contributed by atoms with Crippen LogP contribution in [-0.2, 0) is 14.4 Å². The van der Waals surface area contributed by atoms with Crippen molar-refractivity contribution < 1.29 is 24.6 Å². The van der Waals surface area contributed by atoms with Gasteiger partial charge >= 0.3 is 11.9 Å². The molecule has 0 saturated carbocycles. The normalized spacial score (nSPS) is 17.9. The number of carboxylic acids is 2. The number of rotatable bonds is 10. The van der Waals surface area contributed by atoms with Gasteiger partial charge in [-0.1, -0.05) is 18.6 Å². The molecule has 0 aliphatic carbocycles. The van der Waals surface area contributed by atoms with Gasteiger partial charge in [0.15, 0.2) is 0 Å². The number of carbonyl (C=O) groups is 3. The van der Waals surface area contributed by atoms with Gasteiger partial charge in [-0.15, -0.1) is 11.8 Å². The first-order valence-corrected chi connectivity index (χ1v) is 10.2. The highest BCUT2D eigenvalue weighted by atomic mass is 32.2. The first kappa shape index (κ1) is 22.2. The molecule has 0 saturated heterocycles. The van der Waals surface area contributed by atoms with Crippen LogP contribution in [0.5, 0.6) is 0 Å². The third kappa shape index (κ3) is 6.22. The zero-order valence-electron chi connectivity index (χ0n) is 16.1. The van der Waals surface area contributed by atoms with Crippen LogP contribution in [0.4, 0.5) is 5.69 Å². The Kier molecular flexibility index (Phi) is 8.28. The minimum atomic E-state index is -1.12. The second-order valence-corrected chi connectivity index (χ2v) is 8.07. The number of para-hydroxylation sites is 1. The van der Waals surface area contributed by atoms with Crippen molar-refractivity contribution >= 4 is 35.3 Å². The van der Waals surface area contributed by atoms with E-state index in [0.29, 0.717) is 17.9 Å². The van der Waals surface area contributed by atoms with Gasteiger partial charge in [-0.05, 0) is 45.6 Å². The number of anilines is 1. The zero-order valence-corrected chi connectivity index (χ0v) is 16.9. The monoisotopic (exact) mass is 409 g/mol. The molecule has 0 fully saturated rings. The summed E-state index contributed by atoms with van der Waals surface area (Å²) >= 11 is 1.42. The van der Waals surface area contributed by atoms with Crippen LogP contribution in [0.3, 0.4) is 0 Å². The average Bonchev–Trinajstić information content (AvgIpc) is 2.75. The molecule has 1 aliphatic rings. The molecule has 1 heterocycles. The number of thioether (sulfide) groups is 1. The Balaban J connectivity index is 2.12. The number of amides is 1. The minimum absolute atomic E-state index is 0.341. The molecule has 9 heteroatoms. The molecule has 1 amide bonds. The largest absolute Gasteiger partial charge is 0.480 e. The zero-order chi connectivity index (χ0) is 20.7. The molecular formula is C19H27N3O5S. The fraction of sp³-hybridized carbons (Fsp3) is 0.526. The predicted molar refractivity (Wildman–Crippen MR) is 108 cm³/mol. The van der Waals surface area contributed by atoms with Crippen LogP contribution in [0.1, 0.15) is 19.3 Å². The van der Waals surface area contributed by atoms with Crippen LogP contribution in [0.15, 0.2) is 29.2 Å². The van der Waals surface area contributed by atoms with Gasteiger partial charge in [0, 0.05) is 10.6 Å². The topological polar surface area (TPSA) is 110 Å². The predicted octanol–water partition coefficient (Wildman–Crippen LogP) is 1.35. The molecule has 1 unspecified atom stereocenters. The number of nitrogens with one attached hydrogen (secondary N) is 1. The van der Waals surface area contributed by atoms with E-state index in [4.69, 9.17) is 0 Å². The maximum Gasteiger partial charge on any atom is 0.323 e. The summed E-state index contributed by atoms with van der Waals surface area (Å²) in [6, 6.07) is 5.49. The molecule has 2 atom stereocenters. The summed E-state index contributed by atoms with van der Waals surface area (Å²) in [6.07, 6.45) is 1.99. The Labute approximate surface area is 168 Å². The third-order valence-electron chi connectivity index (χ3n) is 4.47. The molecule has 8 nitrogen and oxygen atoms in total. The maximum absolute atomic E-state index is 13.0. The summed E-state index contributed by atoms with van der Waals surface area (Å²) in [7, 11) is 3.92. The van der Waals surface area contributed by atoms with E-state index < -0.39 is 36.5 Å². The Hall–Kier alpha value is -2.10. The minimum Gasteiger partial charge on any atom is -0.480 e. The van der Waals surface area contributed by atoms with Gasteiger partial charge in [0.05, 0.1) is 11.7 Å². The van der Waals surface area contributed by atoms with Gasteiger partial charge in [-0.2, -0.15) is 0 Å². The highest BCUT2D eigenvalue weighted by molar-refractivity contribution is 7.99. The summed E-state index contributed by atoms with van der Waals surface area (Å²) in [6.45, 7) is 0.404. The second-order valence-electron chi connectivity index (χ2n) is 7.01. The fourth-order valence-corrected chi connectivity index (χ4v) is 4.15. The standard InChI is InChI=1S/C19H27N3O5S/c1-21(2)10-6-5-7-13(19(26)27)20-14-12-28-16-9-4-3-8-15(16)22(18(14)25)11-17(23)24/h3-4,8-9,13-14,20H,5-7,10-12H2,1-2H3,(H,23,24)(H,26,27)/t13-,14?/m1/s1. The van der Waals surface area contributed by atoms with Crippen LogP contribution >= 0.6 is 11.8 Å². The number of benzene rings is 1. The van der Waals surface area contributed by atoms with Crippen molar-refractivity contribution in [2.45, 2.75) is 36.2 Å². The molecule has 1 aromatic rings. The maximum atomic E-state index is 13.0. The smallest absolute Gasteiger partial charge is 0.323 e. The molecule has 28 heavy (non-hydrogen) atoms. The van der Waals surface area contributed by atoms with E-state index in [9.17, 15) is 24.6 Å². The number of nitrogens with zero attached hydrogens (tertiary/aromatic N) is 2. The molecule has 154 valence electrons. The number of fused-ring (bicyclic) bond motifs is 1. The lowest BCUT2D eigenvalue weighted by Crippen LogP contribution is -2.53. The molecule has 1 aliphatic heterocycles. The van der Waals surface area contributed by atoms with E-state index in [1.54, 1.807) is 12.1 Å². The number of hydrogen-bond acceptors (Lipinski definition) is 6. The van der Waals surface area contributed by atoms with E-state index in [0.717, 1.165) is 24.3 Å².